The molecule has 2 N–H and O–H groups in total. The van der Waals surface area contributed by atoms with Gasteiger partial charge < -0.3 is 14.7 Å². The lowest BCUT2D eigenvalue weighted by molar-refractivity contribution is 0.0704. The van der Waals surface area contributed by atoms with Gasteiger partial charge in [0.2, 0.25) is 10.0 Å². The number of piperidine rings is 1. The summed E-state index contributed by atoms with van der Waals surface area (Å²) in [5, 5.41) is 11.5. The maximum atomic E-state index is 12.5. The third-order valence-corrected chi connectivity index (χ3v) is 6.21. The third kappa shape index (κ3) is 4.73. The Bertz CT molecular complexity index is 854. The molecule has 1 atom stereocenters. The molecule has 1 saturated heterocycles. The predicted molar refractivity (Wildman–Crippen MR) is 102 cm³/mol. The van der Waals surface area contributed by atoms with E-state index in [9.17, 15) is 13.5 Å². The van der Waals surface area contributed by atoms with E-state index in [4.69, 9.17) is 4.74 Å². The molecule has 0 amide bonds. The van der Waals surface area contributed by atoms with E-state index in [1.807, 2.05) is 18.2 Å². The van der Waals surface area contributed by atoms with Gasteiger partial charge in [-0.2, -0.15) is 0 Å². The Balaban J connectivity index is 1.58. The summed E-state index contributed by atoms with van der Waals surface area (Å²) in [6.07, 6.45) is 2.32. The molecule has 142 valence electrons. The summed E-state index contributed by atoms with van der Waals surface area (Å²) in [5.41, 5.74) is 0. The molecule has 7 heteroatoms. The highest BCUT2D eigenvalue weighted by Gasteiger charge is 2.18. The number of hydrogen-bond donors (Lipinski definition) is 2. The summed E-state index contributed by atoms with van der Waals surface area (Å²) in [5.74, 6) is 0.745. The molecule has 0 saturated carbocycles. The summed E-state index contributed by atoms with van der Waals surface area (Å²) in [6, 6.07) is 10.6. The number of nitrogens with zero attached hydrogens (tertiary/aromatic N) is 1. The van der Waals surface area contributed by atoms with Crippen LogP contribution in [0.2, 0.25) is 0 Å². The van der Waals surface area contributed by atoms with Gasteiger partial charge in [-0.1, -0.05) is 12.1 Å². The summed E-state index contributed by atoms with van der Waals surface area (Å²) in [4.78, 5) is 2.45. The van der Waals surface area contributed by atoms with Crippen LogP contribution in [-0.2, 0) is 10.0 Å². The van der Waals surface area contributed by atoms with E-state index in [2.05, 4.69) is 9.62 Å². The molecule has 1 aliphatic rings. The maximum absolute atomic E-state index is 12.5. The fourth-order valence-electron chi connectivity index (χ4n) is 3.32. The van der Waals surface area contributed by atoms with Gasteiger partial charge in [-0.15, -0.1) is 0 Å². The van der Waals surface area contributed by atoms with Crippen molar-refractivity contribution in [2.24, 2.45) is 0 Å². The lowest BCUT2D eigenvalue weighted by Crippen LogP contribution is -2.39. The van der Waals surface area contributed by atoms with Crippen molar-refractivity contribution >= 4 is 20.8 Å². The molecule has 6 nitrogen and oxygen atoms in total. The van der Waals surface area contributed by atoms with Gasteiger partial charge in [-0.3, -0.25) is 0 Å². The van der Waals surface area contributed by atoms with E-state index < -0.39 is 10.0 Å². The average Bonchev–Trinajstić information content (AvgIpc) is 2.64. The fraction of sp³-hybridized carbons (Fsp3) is 0.474. The van der Waals surface area contributed by atoms with Gasteiger partial charge in [0, 0.05) is 13.1 Å². The van der Waals surface area contributed by atoms with Gasteiger partial charge in [-0.05, 0) is 67.4 Å². The van der Waals surface area contributed by atoms with E-state index in [0.29, 0.717) is 13.1 Å². The first-order valence-electron chi connectivity index (χ1n) is 8.96. The molecule has 2 aromatic carbocycles. The van der Waals surface area contributed by atoms with Crippen molar-refractivity contribution in [2.45, 2.75) is 30.3 Å². The average molecular weight is 378 g/mol. The van der Waals surface area contributed by atoms with Crippen LogP contribution in [0.25, 0.3) is 10.8 Å². The molecule has 0 radical (unpaired) electrons. The number of likely N-dealkylation sites (tertiary alicyclic amines) is 1. The predicted octanol–water partition coefficient (Wildman–Crippen LogP) is 1.97. The number of methoxy groups -OCH3 is 1. The van der Waals surface area contributed by atoms with Crippen LogP contribution in [0.15, 0.2) is 41.3 Å². The zero-order valence-electron chi connectivity index (χ0n) is 15.0. The summed E-state index contributed by atoms with van der Waals surface area (Å²) < 4.78 is 32.9. The van der Waals surface area contributed by atoms with Gasteiger partial charge in [0.05, 0.1) is 18.1 Å². The highest BCUT2D eigenvalue weighted by Crippen LogP contribution is 2.23. The molecule has 1 aliphatic heterocycles. The number of sulfonamides is 1. The largest absolute Gasteiger partial charge is 0.497 e. The fourth-order valence-corrected chi connectivity index (χ4v) is 4.43. The number of fused-ring (bicyclic) bond motifs is 1. The summed E-state index contributed by atoms with van der Waals surface area (Å²) in [7, 11) is -1.92. The number of aliphatic hydroxyl groups excluding tert-OH is 1. The molecule has 1 unspecified atom stereocenters. The quantitative estimate of drug-likeness (QED) is 0.720. The molecular formula is C19H26N2O4S. The highest BCUT2D eigenvalue weighted by molar-refractivity contribution is 7.89. The van der Waals surface area contributed by atoms with Crippen molar-refractivity contribution in [3.63, 3.8) is 0 Å². The maximum Gasteiger partial charge on any atom is 0.240 e. The SMILES string of the molecule is COc1ccc2cc(S(=O)(=O)NCCCN3CCCC(O)C3)ccc2c1. The normalized spacial score (nSPS) is 18.9. The zero-order chi connectivity index (χ0) is 18.6. The number of ether oxygens (including phenoxy) is 1. The topological polar surface area (TPSA) is 78.9 Å². The van der Waals surface area contributed by atoms with Crippen LogP contribution >= 0.6 is 0 Å². The molecule has 26 heavy (non-hydrogen) atoms. The van der Waals surface area contributed by atoms with Gasteiger partial charge in [0.15, 0.2) is 0 Å². The van der Waals surface area contributed by atoms with E-state index in [1.54, 1.807) is 25.3 Å². The first-order chi connectivity index (χ1) is 12.5. The molecule has 0 aliphatic carbocycles. The Morgan fingerprint density at radius 2 is 2.00 bits per heavy atom. The van der Waals surface area contributed by atoms with Crippen LogP contribution < -0.4 is 9.46 Å². The molecule has 3 rings (SSSR count). The second-order valence-corrected chi connectivity index (χ2v) is 8.49. The summed E-state index contributed by atoms with van der Waals surface area (Å²) >= 11 is 0. The van der Waals surface area contributed by atoms with Crippen molar-refractivity contribution in [3.8, 4) is 5.75 Å². The smallest absolute Gasteiger partial charge is 0.240 e. The van der Waals surface area contributed by atoms with Gasteiger partial charge in [0.1, 0.15) is 5.75 Å². The molecule has 1 fully saturated rings. The lowest BCUT2D eigenvalue weighted by Gasteiger charge is -2.29. The Kier molecular flexibility index (Phi) is 6.13. The Hall–Kier alpha value is -1.67. The van der Waals surface area contributed by atoms with Crippen LogP contribution in [0.4, 0.5) is 0 Å². The standard InChI is InChI=1S/C19H26N2O4S/c1-25-18-7-5-16-13-19(8-6-15(16)12-18)26(23,24)20-9-3-11-21-10-2-4-17(22)14-21/h5-8,12-13,17,20,22H,2-4,9-11,14H2,1H3. The molecule has 0 aromatic heterocycles. The Morgan fingerprint density at radius 1 is 1.23 bits per heavy atom. The molecular weight excluding hydrogens is 352 g/mol. The Labute approximate surface area is 154 Å². The minimum atomic E-state index is -3.53. The molecule has 2 aromatic rings. The van der Waals surface area contributed by atoms with E-state index >= 15 is 0 Å². The monoisotopic (exact) mass is 378 g/mol. The number of nitrogens with one attached hydrogen (secondary N) is 1. The lowest BCUT2D eigenvalue weighted by atomic mass is 10.1. The van der Waals surface area contributed by atoms with Gasteiger partial charge in [-0.25, -0.2) is 13.1 Å². The van der Waals surface area contributed by atoms with Crippen LogP contribution in [-0.4, -0.2) is 57.8 Å². The van der Waals surface area contributed by atoms with Crippen LogP contribution in [0.5, 0.6) is 5.75 Å². The third-order valence-electron chi connectivity index (χ3n) is 4.75. The second-order valence-electron chi connectivity index (χ2n) is 6.72. The van der Waals surface area contributed by atoms with Crippen molar-refractivity contribution in [2.75, 3.05) is 33.3 Å². The van der Waals surface area contributed by atoms with Crippen molar-refractivity contribution in [1.82, 2.24) is 9.62 Å². The van der Waals surface area contributed by atoms with Crippen molar-refractivity contribution in [1.29, 1.82) is 0 Å². The number of benzene rings is 2. The van der Waals surface area contributed by atoms with Crippen molar-refractivity contribution in [3.05, 3.63) is 36.4 Å². The van der Waals surface area contributed by atoms with E-state index in [1.165, 1.54) is 0 Å². The van der Waals surface area contributed by atoms with E-state index in [-0.39, 0.29) is 11.0 Å². The summed E-state index contributed by atoms with van der Waals surface area (Å²) in [6.45, 7) is 2.82. The van der Waals surface area contributed by atoms with Gasteiger partial charge >= 0.3 is 0 Å². The minimum Gasteiger partial charge on any atom is -0.497 e. The van der Waals surface area contributed by atoms with Crippen LogP contribution in [0.3, 0.4) is 0 Å². The Morgan fingerprint density at radius 3 is 2.77 bits per heavy atom. The number of β-amino-alcohol motifs (C(OH)–C–C–N with tert-alkyl or cyclic N) is 1. The number of aliphatic hydroxyl groups is 1. The van der Waals surface area contributed by atoms with E-state index in [0.717, 1.165) is 48.9 Å². The van der Waals surface area contributed by atoms with Crippen LogP contribution in [0.1, 0.15) is 19.3 Å². The number of hydrogen-bond acceptors (Lipinski definition) is 5. The zero-order valence-corrected chi connectivity index (χ0v) is 15.8. The number of rotatable bonds is 7. The first-order valence-corrected chi connectivity index (χ1v) is 10.4. The minimum absolute atomic E-state index is 0.253. The highest BCUT2D eigenvalue weighted by atomic mass is 32.2. The molecule has 0 spiro atoms. The van der Waals surface area contributed by atoms with Crippen LogP contribution in [0, 0.1) is 0 Å². The molecule has 1 heterocycles. The van der Waals surface area contributed by atoms with Crippen molar-refractivity contribution < 1.29 is 18.3 Å². The first kappa shape index (κ1) is 19.1. The second kappa shape index (κ2) is 8.35. The molecule has 0 bridgehead atoms. The van der Waals surface area contributed by atoms with Gasteiger partial charge in [0.25, 0.3) is 0 Å².